The van der Waals surface area contributed by atoms with E-state index in [-0.39, 0.29) is 17.3 Å². The van der Waals surface area contributed by atoms with Crippen molar-refractivity contribution in [1.29, 1.82) is 0 Å². The summed E-state index contributed by atoms with van der Waals surface area (Å²) < 4.78 is 0. The number of aromatic carboxylic acids is 1. The van der Waals surface area contributed by atoms with Crippen LogP contribution in [0.25, 0.3) is 11.0 Å². The first-order chi connectivity index (χ1) is 10.1. The first kappa shape index (κ1) is 12.8. The number of imidazole rings is 1. The van der Waals surface area contributed by atoms with Crippen LogP contribution in [0.2, 0.25) is 0 Å². The Balaban J connectivity index is 1.85. The van der Waals surface area contributed by atoms with E-state index >= 15 is 0 Å². The SMILES string of the molecule is O=C(O)c1cccc(C(=O)Nc2nc3ccccc3[nH]2)n1. The Kier molecular flexibility index (Phi) is 3.07. The molecule has 104 valence electrons. The summed E-state index contributed by atoms with van der Waals surface area (Å²) in [7, 11) is 0. The summed E-state index contributed by atoms with van der Waals surface area (Å²) in [6, 6.07) is 11.6. The van der Waals surface area contributed by atoms with Crippen molar-refractivity contribution in [1.82, 2.24) is 15.0 Å². The van der Waals surface area contributed by atoms with E-state index in [0.29, 0.717) is 0 Å². The van der Waals surface area contributed by atoms with E-state index in [1.54, 1.807) is 0 Å². The molecule has 3 rings (SSSR count). The van der Waals surface area contributed by atoms with Crippen molar-refractivity contribution < 1.29 is 14.7 Å². The van der Waals surface area contributed by atoms with E-state index in [1.165, 1.54) is 18.2 Å². The van der Waals surface area contributed by atoms with Gasteiger partial charge in [-0.3, -0.25) is 10.1 Å². The Morgan fingerprint density at radius 1 is 1.00 bits per heavy atom. The molecule has 0 saturated carbocycles. The van der Waals surface area contributed by atoms with Crippen molar-refractivity contribution >= 4 is 28.9 Å². The summed E-state index contributed by atoms with van der Waals surface area (Å²) in [6.07, 6.45) is 0. The third-order valence-electron chi connectivity index (χ3n) is 2.82. The number of carboxylic acid groups (broad SMARTS) is 1. The van der Waals surface area contributed by atoms with Gasteiger partial charge < -0.3 is 10.1 Å². The molecule has 0 fully saturated rings. The highest BCUT2D eigenvalue weighted by Gasteiger charge is 2.13. The maximum atomic E-state index is 12.0. The van der Waals surface area contributed by atoms with E-state index in [2.05, 4.69) is 20.3 Å². The molecule has 2 heterocycles. The fraction of sp³-hybridized carbons (Fsp3) is 0. The Bertz CT molecular complexity index is 808. The lowest BCUT2D eigenvalue weighted by molar-refractivity contribution is 0.0690. The van der Waals surface area contributed by atoms with Crippen LogP contribution in [0.3, 0.4) is 0 Å². The maximum Gasteiger partial charge on any atom is 0.354 e. The second-order valence-electron chi connectivity index (χ2n) is 4.27. The number of nitrogens with one attached hydrogen (secondary N) is 2. The average Bonchev–Trinajstić information content (AvgIpc) is 2.89. The number of aromatic amines is 1. The number of aromatic nitrogens is 3. The predicted octanol–water partition coefficient (Wildman–Crippen LogP) is 1.91. The van der Waals surface area contributed by atoms with E-state index in [0.717, 1.165) is 11.0 Å². The minimum Gasteiger partial charge on any atom is -0.477 e. The molecule has 0 unspecified atom stereocenters. The number of fused-ring (bicyclic) bond motifs is 1. The topological polar surface area (TPSA) is 108 Å². The maximum absolute atomic E-state index is 12.0. The molecule has 0 aliphatic heterocycles. The van der Waals surface area contributed by atoms with Crippen LogP contribution in [0.5, 0.6) is 0 Å². The molecular weight excluding hydrogens is 272 g/mol. The largest absolute Gasteiger partial charge is 0.477 e. The van der Waals surface area contributed by atoms with Gasteiger partial charge >= 0.3 is 5.97 Å². The molecule has 7 nitrogen and oxygen atoms in total. The molecule has 21 heavy (non-hydrogen) atoms. The number of hydrogen-bond acceptors (Lipinski definition) is 4. The lowest BCUT2D eigenvalue weighted by atomic mass is 10.3. The first-order valence-electron chi connectivity index (χ1n) is 6.10. The predicted molar refractivity (Wildman–Crippen MR) is 75.2 cm³/mol. The van der Waals surface area contributed by atoms with Gasteiger partial charge in [-0.25, -0.2) is 14.8 Å². The lowest BCUT2D eigenvalue weighted by Gasteiger charge is -2.01. The number of H-pyrrole nitrogens is 1. The van der Waals surface area contributed by atoms with Crippen LogP contribution < -0.4 is 5.32 Å². The van der Waals surface area contributed by atoms with E-state index in [4.69, 9.17) is 5.11 Å². The van der Waals surface area contributed by atoms with Gasteiger partial charge in [-0.2, -0.15) is 0 Å². The molecule has 3 N–H and O–H groups in total. The zero-order chi connectivity index (χ0) is 14.8. The number of carbonyl (C=O) groups excluding carboxylic acids is 1. The quantitative estimate of drug-likeness (QED) is 0.680. The summed E-state index contributed by atoms with van der Waals surface area (Å²) in [4.78, 5) is 33.8. The standard InChI is InChI=1S/C14H10N4O3/c19-12(10-6-3-7-11(15-10)13(20)21)18-14-16-8-4-1-2-5-9(8)17-14/h1-7H,(H,20,21)(H2,16,17,18,19). The van der Waals surface area contributed by atoms with Gasteiger partial charge in [-0.05, 0) is 24.3 Å². The van der Waals surface area contributed by atoms with Gasteiger partial charge in [0.15, 0.2) is 0 Å². The van der Waals surface area contributed by atoms with Gasteiger partial charge in [-0.1, -0.05) is 18.2 Å². The highest BCUT2D eigenvalue weighted by atomic mass is 16.4. The fourth-order valence-electron chi connectivity index (χ4n) is 1.86. The van der Waals surface area contributed by atoms with E-state index in [9.17, 15) is 9.59 Å². The van der Waals surface area contributed by atoms with Crippen LogP contribution in [0.4, 0.5) is 5.95 Å². The third-order valence-corrected chi connectivity index (χ3v) is 2.82. The van der Waals surface area contributed by atoms with Crippen molar-refractivity contribution in [3.63, 3.8) is 0 Å². The first-order valence-corrected chi connectivity index (χ1v) is 6.10. The number of pyridine rings is 1. The number of carbonyl (C=O) groups is 2. The Labute approximate surface area is 118 Å². The molecule has 0 spiro atoms. The summed E-state index contributed by atoms with van der Waals surface area (Å²) >= 11 is 0. The zero-order valence-electron chi connectivity index (χ0n) is 10.7. The molecule has 1 aromatic carbocycles. The summed E-state index contributed by atoms with van der Waals surface area (Å²) in [5, 5.41) is 11.4. The molecule has 3 aromatic rings. The van der Waals surface area contributed by atoms with Crippen molar-refractivity contribution in [3.8, 4) is 0 Å². The normalized spacial score (nSPS) is 10.5. The molecule has 7 heteroatoms. The minimum absolute atomic E-state index is 0.00959. The molecular formula is C14H10N4O3. The van der Waals surface area contributed by atoms with Crippen LogP contribution in [-0.2, 0) is 0 Å². The number of carboxylic acids is 1. The fourth-order valence-corrected chi connectivity index (χ4v) is 1.86. The average molecular weight is 282 g/mol. The number of hydrogen-bond donors (Lipinski definition) is 3. The highest BCUT2D eigenvalue weighted by Crippen LogP contribution is 2.13. The molecule has 2 aromatic heterocycles. The van der Waals surface area contributed by atoms with Crippen LogP contribution in [0.15, 0.2) is 42.5 Å². The Morgan fingerprint density at radius 3 is 2.52 bits per heavy atom. The summed E-state index contributed by atoms with van der Waals surface area (Å²) in [5.74, 6) is -1.44. The monoisotopic (exact) mass is 282 g/mol. The number of amides is 1. The second kappa shape index (κ2) is 5.04. The van der Waals surface area contributed by atoms with E-state index < -0.39 is 11.9 Å². The Morgan fingerprint density at radius 2 is 1.76 bits per heavy atom. The van der Waals surface area contributed by atoms with Gasteiger partial charge in [0.25, 0.3) is 5.91 Å². The molecule has 0 aliphatic carbocycles. The number of anilines is 1. The van der Waals surface area contributed by atoms with Crippen LogP contribution in [-0.4, -0.2) is 31.9 Å². The smallest absolute Gasteiger partial charge is 0.354 e. The Hall–Kier alpha value is -3.22. The number of rotatable bonds is 3. The van der Waals surface area contributed by atoms with Crippen LogP contribution in [0.1, 0.15) is 21.0 Å². The molecule has 0 aliphatic rings. The van der Waals surface area contributed by atoms with Crippen molar-refractivity contribution in [2.45, 2.75) is 0 Å². The number of nitrogens with zero attached hydrogens (tertiary/aromatic N) is 2. The van der Waals surface area contributed by atoms with Gasteiger partial charge in [0.1, 0.15) is 11.4 Å². The minimum atomic E-state index is -1.19. The van der Waals surface area contributed by atoms with Crippen LogP contribution in [0, 0.1) is 0 Å². The molecule has 0 atom stereocenters. The molecule has 1 amide bonds. The summed E-state index contributed by atoms with van der Waals surface area (Å²) in [6.45, 7) is 0. The van der Waals surface area contributed by atoms with Gasteiger partial charge in [0, 0.05) is 0 Å². The number of benzene rings is 1. The molecule has 0 radical (unpaired) electrons. The van der Waals surface area contributed by atoms with Gasteiger partial charge in [-0.15, -0.1) is 0 Å². The summed E-state index contributed by atoms with van der Waals surface area (Å²) in [5.41, 5.74) is 1.34. The van der Waals surface area contributed by atoms with Gasteiger partial charge in [0.2, 0.25) is 5.95 Å². The van der Waals surface area contributed by atoms with Crippen molar-refractivity contribution in [3.05, 3.63) is 53.9 Å². The highest BCUT2D eigenvalue weighted by molar-refractivity contribution is 6.03. The van der Waals surface area contributed by atoms with Crippen LogP contribution >= 0.6 is 0 Å². The van der Waals surface area contributed by atoms with Gasteiger partial charge in [0.05, 0.1) is 11.0 Å². The van der Waals surface area contributed by atoms with E-state index in [1.807, 2.05) is 24.3 Å². The lowest BCUT2D eigenvalue weighted by Crippen LogP contribution is -2.16. The number of para-hydroxylation sites is 2. The molecule has 0 saturated heterocycles. The molecule has 0 bridgehead atoms. The second-order valence-corrected chi connectivity index (χ2v) is 4.27. The van der Waals surface area contributed by atoms with Crippen molar-refractivity contribution in [2.24, 2.45) is 0 Å². The zero-order valence-corrected chi connectivity index (χ0v) is 10.7. The third kappa shape index (κ3) is 2.57. The van der Waals surface area contributed by atoms with Crippen molar-refractivity contribution in [2.75, 3.05) is 5.32 Å².